The molecule has 0 bridgehead atoms. The fourth-order valence-corrected chi connectivity index (χ4v) is 2.50. The van der Waals surface area contributed by atoms with Crippen molar-refractivity contribution in [1.29, 1.82) is 0 Å². The van der Waals surface area contributed by atoms with Gasteiger partial charge in [0.1, 0.15) is 5.52 Å². The Balaban J connectivity index is 1.84. The minimum atomic E-state index is -0.720. The number of nitrogens with zero attached hydrogens (tertiary/aromatic N) is 3. The fraction of sp³-hybridized carbons (Fsp3) is 0.462. The summed E-state index contributed by atoms with van der Waals surface area (Å²) in [5.41, 5.74) is 1.16. The van der Waals surface area contributed by atoms with Gasteiger partial charge in [0.2, 0.25) is 0 Å². The first-order valence-corrected chi connectivity index (χ1v) is 6.39. The van der Waals surface area contributed by atoms with Crippen LogP contribution in [0.2, 0.25) is 0 Å². The van der Waals surface area contributed by atoms with Crippen LogP contribution in [0.25, 0.3) is 5.52 Å². The van der Waals surface area contributed by atoms with Gasteiger partial charge in [-0.15, -0.1) is 0 Å². The Bertz CT molecular complexity index is 631. The molecule has 0 amide bonds. The first-order valence-electron chi connectivity index (χ1n) is 6.39. The summed E-state index contributed by atoms with van der Waals surface area (Å²) >= 11 is 0. The molecule has 0 aromatic carbocycles. The molecular weight excluding hydrogens is 244 g/mol. The van der Waals surface area contributed by atoms with Crippen molar-refractivity contribution in [1.82, 2.24) is 14.6 Å². The van der Waals surface area contributed by atoms with Crippen molar-refractivity contribution < 1.29 is 9.90 Å². The molecule has 0 saturated heterocycles. The Labute approximate surface area is 110 Å². The quantitative estimate of drug-likeness (QED) is 0.874. The van der Waals surface area contributed by atoms with Crippen molar-refractivity contribution in [2.24, 2.45) is 5.41 Å². The zero-order valence-corrected chi connectivity index (χ0v) is 10.8. The Morgan fingerprint density at radius 2 is 2.37 bits per heavy atom. The van der Waals surface area contributed by atoms with Crippen molar-refractivity contribution in [3.63, 3.8) is 0 Å². The van der Waals surface area contributed by atoms with Crippen LogP contribution in [-0.2, 0) is 4.79 Å². The van der Waals surface area contributed by atoms with Gasteiger partial charge in [0.25, 0.3) is 0 Å². The van der Waals surface area contributed by atoms with E-state index in [0.29, 0.717) is 12.4 Å². The van der Waals surface area contributed by atoms with Crippen molar-refractivity contribution >= 4 is 17.3 Å². The van der Waals surface area contributed by atoms with E-state index in [1.807, 2.05) is 13.0 Å². The topological polar surface area (TPSA) is 79.5 Å². The van der Waals surface area contributed by atoms with Crippen LogP contribution in [0.4, 0.5) is 5.82 Å². The predicted octanol–water partition coefficient (Wildman–Crippen LogP) is 1.70. The van der Waals surface area contributed by atoms with E-state index in [0.717, 1.165) is 30.5 Å². The zero-order valence-electron chi connectivity index (χ0n) is 10.8. The third-order valence-corrected chi connectivity index (χ3v) is 3.87. The normalized spacial score (nSPS) is 17.1. The van der Waals surface area contributed by atoms with Crippen LogP contribution < -0.4 is 5.32 Å². The number of aliphatic carboxylic acids is 1. The van der Waals surface area contributed by atoms with Gasteiger partial charge in [0.05, 0.1) is 11.1 Å². The second kappa shape index (κ2) is 4.22. The van der Waals surface area contributed by atoms with Crippen LogP contribution in [-0.4, -0.2) is 32.2 Å². The number of carboxylic acids is 1. The van der Waals surface area contributed by atoms with E-state index in [1.165, 1.54) is 0 Å². The Morgan fingerprint density at radius 3 is 3.00 bits per heavy atom. The molecule has 0 unspecified atom stereocenters. The van der Waals surface area contributed by atoms with E-state index in [1.54, 1.807) is 16.9 Å². The van der Waals surface area contributed by atoms with Gasteiger partial charge in [-0.25, -0.2) is 9.50 Å². The SMILES string of the molecule is Cc1cc2c(NCC3(C(=O)O)CCC3)nccn2n1. The summed E-state index contributed by atoms with van der Waals surface area (Å²) in [6.07, 6.45) is 5.89. The maximum absolute atomic E-state index is 11.3. The van der Waals surface area contributed by atoms with Gasteiger partial charge in [0.15, 0.2) is 5.82 Å². The number of aryl methyl sites for hydroxylation is 1. The first-order chi connectivity index (χ1) is 9.11. The molecule has 19 heavy (non-hydrogen) atoms. The molecule has 1 aliphatic rings. The highest BCUT2D eigenvalue weighted by Crippen LogP contribution is 2.41. The van der Waals surface area contributed by atoms with Crippen LogP contribution in [0.3, 0.4) is 0 Å². The highest BCUT2D eigenvalue weighted by Gasteiger charge is 2.44. The number of anilines is 1. The van der Waals surface area contributed by atoms with Gasteiger partial charge >= 0.3 is 5.97 Å². The molecule has 1 aliphatic carbocycles. The molecule has 6 heteroatoms. The molecule has 0 atom stereocenters. The lowest BCUT2D eigenvalue weighted by molar-refractivity contribution is -0.153. The van der Waals surface area contributed by atoms with Crippen molar-refractivity contribution in [2.75, 3.05) is 11.9 Å². The molecule has 2 aromatic heterocycles. The lowest BCUT2D eigenvalue weighted by atomic mass is 9.69. The second-order valence-corrected chi connectivity index (χ2v) is 5.18. The highest BCUT2D eigenvalue weighted by atomic mass is 16.4. The van der Waals surface area contributed by atoms with E-state index in [2.05, 4.69) is 15.4 Å². The smallest absolute Gasteiger partial charge is 0.311 e. The largest absolute Gasteiger partial charge is 0.481 e. The van der Waals surface area contributed by atoms with Crippen LogP contribution in [0.5, 0.6) is 0 Å². The Kier molecular flexibility index (Phi) is 2.66. The molecule has 0 spiro atoms. The lowest BCUT2D eigenvalue weighted by Gasteiger charge is -2.37. The third kappa shape index (κ3) is 1.93. The maximum atomic E-state index is 11.3. The summed E-state index contributed by atoms with van der Waals surface area (Å²) in [6.45, 7) is 2.33. The zero-order chi connectivity index (χ0) is 13.5. The fourth-order valence-electron chi connectivity index (χ4n) is 2.50. The molecule has 2 heterocycles. The standard InChI is InChI=1S/C13H16N4O2/c1-9-7-10-11(14-5-6-17(10)16-9)15-8-13(12(18)19)3-2-4-13/h5-7H,2-4,8H2,1H3,(H,14,15)(H,18,19). The van der Waals surface area contributed by atoms with Gasteiger partial charge in [-0.05, 0) is 25.8 Å². The number of carboxylic acid groups (broad SMARTS) is 1. The molecular formula is C13H16N4O2. The number of aromatic nitrogens is 3. The number of carbonyl (C=O) groups is 1. The number of hydrogen-bond acceptors (Lipinski definition) is 4. The van der Waals surface area contributed by atoms with Gasteiger partial charge in [-0.2, -0.15) is 5.10 Å². The van der Waals surface area contributed by atoms with Crippen LogP contribution in [0, 0.1) is 12.3 Å². The van der Waals surface area contributed by atoms with Crippen LogP contribution in [0.15, 0.2) is 18.5 Å². The van der Waals surface area contributed by atoms with Crippen molar-refractivity contribution in [3.05, 3.63) is 24.2 Å². The van der Waals surface area contributed by atoms with Gasteiger partial charge in [-0.1, -0.05) is 6.42 Å². The van der Waals surface area contributed by atoms with Crippen molar-refractivity contribution in [3.8, 4) is 0 Å². The highest BCUT2D eigenvalue weighted by molar-refractivity contribution is 5.77. The van der Waals surface area contributed by atoms with E-state index >= 15 is 0 Å². The summed E-state index contributed by atoms with van der Waals surface area (Å²) in [4.78, 5) is 15.6. The number of fused-ring (bicyclic) bond motifs is 1. The molecule has 2 aromatic rings. The second-order valence-electron chi connectivity index (χ2n) is 5.18. The minimum Gasteiger partial charge on any atom is -0.481 e. The monoisotopic (exact) mass is 260 g/mol. The Hall–Kier alpha value is -2.11. The predicted molar refractivity (Wildman–Crippen MR) is 70.1 cm³/mol. The average molecular weight is 260 g/mol. The number of hydrogen-bond donors (Lipinski definition) is 2. The lowest BCUT2D eigenvalue weighted by Crippen LogP contribution is -2.43. The van der Waals surface area contributed by atoms with Gasteiger partial charge in [-0.3, -0.25) is 4.79 Å². The summed E-state index contributed by atoms with van der Waals surface area (Å²) in [6, 6.07) is 1.93. The molecule has 1 saturated carbocycles. The molecule has 0 aliphatic heterocycles. The summed E-state index contributed by atoms with van der Waals surface area (Å²) < 4.78 is 1.75. The molecule has 100 valence electrons. The number of rotatable bonds is 4. The van der Waals surface area contributed by atoms with E-state index in [9.17, 15) is 9.90 Å². The summed E-state index contributed by atoms with van der Waals surface area (Å²) in [5, 5.41) is 16.8. The summed E-state index contributed by atoms with van der Waals surface area (Å²) in [7, 11) is 0. The molecule has 1 fully saturated rings. The number of nitrogens with one attached hydrogen (secondary N) is 1. The first kappa shape index (κ1) is 12.0. The van der Waals surface area contributed by atoms with E-state index < -0.39 is 11.4 Å². The van der Waals surface area contributed by atoms with Gasteiger partial charge in [0, 0.05) is 18.9 Å². The van der Waals surface area contributed by atoms with E-state index in [-0.39, 0.29) is 0 Å². The Morgan fingerprint density at radius 1 is 1.58 bits per heavy atom. The van der Waals surface area contributed by atoms with Crippen molar-refractivity contribution in [2.45, 2.75) is 26.2 Å². The minimum absolute atomic E-state index is 0.416. The van der Waals surface area contributed by atoms with Gasteiger partial charge < -0.3 is 10.4 Å². The molecule has 2 N–H and O–H groups in total. The maximum Gasteiger partial charge on any atom is 0.311 e. The van der Waals surface area contributed by atoms with Crippen LogP contribution >= 0.6 is 0 Å². The molecule has 6 nitrogen and oxygen atoms in total. The summed E-state index contributed by atoms with van der Waals surface area (Å²) in [5.74, 6) is -0.0292. The molecule has 0 radical (unpaired) electrons. The van der Waals surface area contributed by atoms with E-state index in [4.69, 9.17) is 0 Å². The van der Waals surface area contributed by atoms with Crippen LogP contribution in [0.1, 0.15) is 25.0 Å². The third-order valence-electron chi connectivity index (χ3n) is 3.87. The molecule has 3 rings (SSSR count). The average Bonchev–Trinajstić information content (AvgIpc) is 2.68.